The number of hydrogen-bond acceptors (Lipinski definition) is 10. The molecule has 0 atom stereocenters. The number of thiophene rings is 1. The molecule has 0 aliphatic carbocycles. The Balaban J connectivity index is 1.27. The number of esters is 1. The summed E-state index contributed by atoms with van der Waals surface area (Å²) in [5.74, 6) is 1.79. The highest BCUT2D eigenvalue weighted by molar-refractivity contribution is 7.20. The maximum Gasteiger partial charge on any atom is 0.348 e. The van der Waals surface area contributed by atoms with Gasteiger partial charge in [-0.1, -0.05) is 35.0 Å². The number of fused-ring (bicyclic) bond motifs is 1. The van der Waals surface area contributed by atoms with Crippen molar-refractivity contribution in [2.24, 2.45) is 0 Å². The van der Waals surface area contributed by atoms with Crippen molar-refractivity contribution < 1.29 is 14.1 Å². The predicted molar refractivity (Wildman–Crippen MR) is 130 cm³/mol. The third-order valence-corrected chi connectivity index (χ3v) is 7.16. The average molecular weight is 479 g/mol. The molecule has 0 unspecified atom stereocenters. The molecule has 1 aliphatic rings. The van der Waals surface area contributed by atoms with Crippen molar-refractivity contribution >= 4 is 33.3 Å². The molecule has 4 heterocycles. The quantitative estimate of drug-likeness (QED) is 0.383. The molecular formula is C24H26N6O3S. The van der Waals surface area contributed by atoms with Gasteiger partial charge < -0.3 is 14.2 Å². The van der Waals surface area contributed by atoms with Crippen LogP contribution in [0.25, 0.3) is 21.6 Å². The minimum absolute atomic E-state index is 0.302. The Hall–Kier alpha value is -3.37. The first-order chi connectivity index (χ1) is 16.5. The molecule has 9 nitrogen and oxygen atoms in total. The number of rotatable bonds is 6. The van der Waals surface area contributed by atoms with Crippen molar-refractivity contribution in [3.8, 4) is 11.4 Å². The molecule has 3 aromatic heterocycles. The van der Waals surface area contributed by atoms with E-state index >= 15 is 0 Å². The first kappa shape index (κ1) is 22.4. The zero-order valence-electron chi connectivity index (χ0n) is 19.4. The average Bonchev–Trinajstić information content (AvgIpc) is 3.45. The Labute approximate surface area is 201 Å². The fourth-order valence-corrected chi connectivity index (χ4v) is 5.17. The summed E-state index contributed by atoms with van der Waals surface area (Å²) in [6, 6.07) is 8.09. The van der Waals surface area contributed by atoms with Crippen molar-refractivity contribution in [3.05, 3.63) is 52.5 Å². The van der Waals surface area contributed by atoms with E-state index in [2.05, 4.69) is 36.8 Å². The summed E-state index contributed by atoms with van der Waals surface area (Å²) in [7, 11) is 0. The maximum atomic E-state index is 12.3. The van der Waals surface area contributed by atoms with Crippen LogP contribution in [0, 0.1) is 13.8 Å². The third kappa shape index (κ3) is 4.38. The molecule has 0 N–H and O–H groups in total. The van der Waals surface area contributed by atoms with E-state index in [1.807, 2.05) is 38.1 Å². The molecule has 0 saturated carbocycles. The fraction of sp³-hybridized carbons (Fsp3) is 0.375. The lowest BCUT2D eigenvalue weighted by Gasteiger charge is -2.34. The predicted octanol–water partition coefficient (Wildman–Crippen LogP) is 3.86. The standard InChI is InChI=1S/C24H26N6O3S/c1-4-32-24(31)20-16(3)19-22(25-14-26-23(19)34-20)30-11-9-29(10-12-30)13-18-27-21(28-33-18)17-7-5-15(2)6-8-17/h5-8,14H,4,9-13H2,1-3H3. The van der Waals surface area contributed by atoms with E-state index in [9.17, 15) is 4.79 Å². The van der Waals surface area contributed by atoms with Gasteiger partial charge in [0.1, 0.15) is 21.9 Å². The molecule has 0 bridgehead atoms. The molecule has 5 rings (SSSR count). The van der Waals surface area contributed by atoms with Gasteiger partial charge in [-0.25, -0.2) is 14.8 Å². The SMILES string of the molecule is CCOC(=O)c1sc2ncnc(N3CCN(Cc4nc(-c5ccc(C)cc5)no4)CC3)c2c1C. The number of ether oxygens (including phenoxy) is 1. The van der Waals surface area contributed by atoms with Crippen molar-refractivity contribution in [1.29, 1.82) is 0 Å². The zero-order chi connectivity index (χ0) is 23.7. The van der Waals surface area contributed by atoms with Gasteiger partial charge >= 0.3 is 5.97 Å². The van der Waals surface area contributed by atoms with E-state index < -0.39 is 0 Å². The zero-order valence-corrected chi connectivity index (χ0v) is 20.3. The van der Waals surface area contributed by atoms with Crippen LogP contribution >= 0.6 is 11.3 Å². The smallest absolute Gasteiger partial charge is 0.348 e. The Morgan fingerprint density at radius 3 is 2.62 bits per heavy atom. The number of aryl methyl sites for hydroxylation is 2. The number of carbonyl (C=O) groups is 1. The third-order valence-electron chi connectivity index (χ3n) is 5.98. The van der Waals surface area contributed by atoms with Gasteiger partial charge in [-0.15, -0.1) is 11.3 Å². The van der Waals surface area contributed by atoms with E-state index in [4.69, 9.17) is 9.26 Å². The summed E-state index contributed by atoms with van der Waals surface area (Å²) in [5.41, 5.74) is 3.03. The minimum atomic E-state index is -0.302. The second-order valence-corrected chi connectivity index (χ2v) is 9.29. The van der Waals surface area contributed by atoms with Crippen LogP contribution in [-0.2, 0) is 11.3 Å². The topological polar surface area (TPSA) is 97.5 Å². The van der Waals surface area contributed by atoms with Crippen molar-refractivity contribution in [3.63, 3.8) is 0 Å². The molecule has 4 aromatic rings. The van der Waals surface area contributed by atoms with E-state index in [-0.39, 0.29) is 5.97 Å². The minimum Gasteiger partial charge on any atom is -0.462 e. The van der Waals surface area contributed by atoms with Crippen molar-refractivity contribution in [1.82, 2.24) is 25.0 Å². The second kappa shape index (κ2) is 9.47. The molecule has 176 valence electrons. The molecule has 34 heavy (non-hydrogen) atoms. The molecule has 0 radical (unpaired) electrons. The van der Waals surface area contributed by atoms with Gasteiger partial charge in [0.15, 0.2) is 0 Å². The first-order valence-corrected chi connectivity index (χ1v) is 12.1. The number of piperazine rings is 1. The van der Waals surface area contributed by atoms with E-state index in [0.717, 1.165) is 53.3 Å². The van der Waals surface area contributed by atoms with Crippen LogP contribution in [0.1, 0.15) is 33.6 Å². The highest BCUT2D eigenvalue weighted by Crippen LogP contribution is 2.35. The molecule has 1 fully saturated rings. The molecule has 10 heteroatoms. The van der Waals surface area contributed by atoms with Crippen LogP contribution in [0.3, 0.4) is 0 Å². The van der Waals surface area contributed by atoms with Crippen molar-refractivity contribution in [2.45, 2.75) is 27.3 Å². The molecule has 1 aliphatic heterocycles. The normalized spacial score (nSPS) is 14.6. The van der Waals surface area contributed by atoms with Gasteiger partial charge in [0.05, 0.1) is 18.5 Å². The van der Waals surface area contributed by atoms with Gasteiger partial charge in [0, 0.05) is 31.7 Å². The molecular weight excluding hydrogens is 452 g/mol. The summed E-state index contributed by atoms with van der Waals surface area (Å²) in [6.45, 7) is 10.0. The number of anilines is 1. The molecule has 1 saturated heterocycles. The lowest BCUT2D eigenvalue weighted by atomic mass is 10.1. The number of aromatic nitrogens is 4. The van der Waals surface area contributed by atoms with Crippen LogP contribution in [0.15, 0.2) is 35.1 Å². The monoisotopic (exact) mass is 478 g/mol. The number of carbonyl (C=O) groups excluding carboxylic acids is 1. The highest BCUT2D eigenvalue weighted by Gasteiger charge is 2.25. The Bertz CT molecular complexity index is 1310. The van der Waals surface area contributed by atoms with Crippen molar-refractivity contribution in [2.75, 3.05) is 37.7 Å². The number of hydrogen-bond donors (Lipinski definition) is 0. The van der Waals surface area contributed by atoms with Crippen LogP contribution in [0.5, 0.6) is 0 Å². The van der Waals surface area contributed by atoms with Gasteiger partial charge in [-0.3, -0.25) is 4.90 Å². The Morgan fingerprint density at radius 1 is 1.12 bits per heavy atom. The number of nitrogens with zero attached hydrogens (tertiary/aromatic N) is 6. The fourth-order valence-electron chi connectivity index (χ4n) is 4.13. The van der Waals surface area contributed by atoms with E-state index in [1.54, 1.807) is 6.33 Å². The van der Waals surface area contributed by atoms with Gasteiger partial charge in [-0.2, -0.15) is 4.98 Å². The summed E-state index contributed by atoms with van der Waals surface area (Å²) in [5, 5.41) is 5.07. The van der Waals surface area contributed by atoms with E-state index in [0.29, 0.717) is 29.7 Å². The second-order valence-electron chi connectivity index (χ2n) is 8.30. The molecule has 0 spiro atoms. The van der Waals surface area contributed by atoms with Crippen LogP contribution in [0.2, 0.25) is 0 Å². The molecule has 0 amide bonds. The van der Waals surface area contributed by atoms with E-state index in [1.165, 1.54) is 16.9 Å². The van der Waals surface area contributed by atoms with Gasteiger partial charge in [-0.05, 0) is 26.3 Å². The summed E-state index contributed by atoms with van der Waals surface area (Å²) < 4.78 is 10.7. The van der Waals surface area contributed by atoms with Gasteiger partial charge in [0.25, 0.3) is 0 Å². The highest BCUT2D eigenvalue weighted by atomic mass is 32.1. The largest absolute Gasteiger partial charge is 0.462 e. The summed E-state index contributed by atoms with van der Waals surface area (Å²) >= 11 is 1.36. The maximum absolute atomic E-state index is 12.3. The molecule has 1 aromatic carbocycles. The summed E-state index contributed by atoms with van der Waals surface area (Å²) in [6.07, 6.45) is 1.57. The number of benzene rings is 1. The lowest BCUT2D eigenvalue weighted by Crippen LogP contribution is -2.46. The van der Waals surface area contributed by atoms with Gasteiger partial charge in [0.2, 0.25) is 11.7 Å². The summed E-state index contributed by atoms with van der Waals surface area (Å²) in [4.78, 5) is 31.8. The Kier molecular flexibility index (Phi) is 6.25. The Morgan fingerprint density at radius 2 is 1.88 bits per heavy atom. The van der Waals surface area contributed by atoms with Crippen LogP contribution in [0.4, 0.5) is 5.82 Å². The first-order valence-electron chi connectivity index (χ1n) is 11.3. The van der Waals surface area contributed by atoms with Crippen LogP contribution < -0.4 is 4.90 Å². The van der Waals surface area contributed by atoms with Crippen LogP contribution in [-0.4, -0.2) is 63.8 Å². The lowest BCUT2D eigenvalue weighted by molar-refractivity contribution is 0.0531.